The van der Waals surface area contributed by atoms with Crippen molar-refractivity contribution in [2.24, 2.45) is 5.41 Å². The second-order valence-corrected chi connectivity index (χ2v) is 5.11. The molecule has 9 heteroatoms. The number of ketones is 1. The van der Waals surface area contributed by atoms with Crippen molar-refractivity contribution in [2.45, 2.75) is 51.4 Å². The minimum absolute atomic E-state index is 0.0845. The van der Waals surface area contributed by atoms with Gasteiger partial charge in [-0.1, -0.05) is 20.8 Å². The van der Waals surface area contributed by atoms with Crippen LogP contribution < -0.4 is 0 Å². The topological polar surface area (TPSA) is 17.1 Å². The molecule has 0 spiro atoms. The highest BCUT2D eigenvalue weighted by atomic mass is 19.4. The molecule has 0 heterocycles. The number of halogens is 8. The molecule has 1 unspecified atom stereocenters. The van der Waals surface area contributed by atoms with Gasteiger partial charge in [-0.05, 0) is 0 Å². The Morgan fingerprint density at radius 2 is 1.11 bits per heavy atom. The van der Waals surface area contributed by atoms with Crippen molar-refractivity contribution in [3.63, 3.8) is 0 Å². The molecular formula is C10H12F8O. The Kier molecular flexibility index (Phi) is 4.11. The zero-order valence-electron chi connectivity index (χ0n) is 10.4. The molecule has 1 nitrogen and oxygen atoms in total. The van der Waals surface area contributed by atoms with Crippen molar-refractivity contribution in [3.05, 3.63) is 0 Å². The van der Waals surface area contributed by atoms with Crippen LogP contribution in [0.15, 0.2) is 0 Å². The summed E-state index contributed by atoms with van der Waals surface area (Å²) in [5.74, 6) is -14.0. The summed E-state index contributed by atoms with van der Waals surface area (Å²) in [6.45, 7) is 1.30. The maximum absolute atomic E-state index is 13.8. The molecule has 0 aliphatic carbocycles. The van der Waals surface area contributed by atoms with E-state index in [0.717, 1.165) is 0 Å². The van der Waals surface area contributed by atoms with Gasteiger partial charge in [-0.25, -0.2) is 13.2 Å². The third-order valence-corrected chi connectivity index (χ3v) is 2.64. The Labute approximate surface area is 104 Å². The first-order valence-corrected chi connectivity index (χ1v) is 4.97. The molecular weight excluding hydrogens is 288 g/mol. The monoisotopic (exact) mass is 300 g/mol. The number of carbonyl (C=O) groups excluding carboxylic acids is 1. The van der Waals surface area contributed by atoms with Crippen LogP contribution in [0.4, 0.5) is 35.1 Å². The van der Waals surface area contributed by atoms with Gasteiger partial charge in [-0.15, -0.1) is 0 Å². The maximum atomic E-state index is 13.8. The maximum Gasteiger partial charge on any atom is 0.435 e. The second-order valence-electron chi connectivity index (χ2n) is 5.11. The van der Waals surface area contributed by atoms with E-state index in [1.165, 1.54) is 0 Å². The molecule has 0 rings (SSSR count). The normalized spacial score (nSPS) is 18.1. The zero-order valence-corrected chi connectivity index (χ0v) is 10.4. The Morgan fingerprint density at radius 1 is 0.789 bits per heavy atom. The van der Waals surface area contributed by atoms with Gasteiger partial charge in [0.05, 0.1) is 0 Å². The van der Waals surface area contributed by atoms with E-state index in [2.05, 4.69) is 0 Å². The summed E-state index contributed by atoms with van der Waals surface area (Å²) >= 11 is 0. The van der Waals surface area contributed by atoms with Crippen LogP contribution in [0.1, 0.15) is 27.7 Å². The van der Waals surface area contributed by atoms with E-state index in [1.807, 2.05) is 0 Å². The molecule has 19 heavy (non-hydrogen) atoms. The Balaban J connectivity index is 6.38. The van der Waals surface area contributed by atoms with Gasteiger partial charge < -0.3 is 0 Å². The molecule has 0 amide bonds. The van der Waals surface area contributed by atoms with Crippen LogP contribution in [-0.2, 0) is 4.79 Å². The highest BCUT2D eigenvalue weighted by Gasteiger charge is 2.86. The van der Waals surface area contributed by atoms with Gasteiger partial charge in [-0.3, -0.25) is 4.79 Å². The summed E-state index contributed by atoms with van der Waals surface area (Å²) in [6.07, 6.45) is -6.63. The zero-order chi connectivity index (χ0) is 16.1. The van der Waals surface area contributed by atoms with Crippen LogP contribution in [-0.4, -0.2) is 29.5 Å². The second kappa shape index (κ2) is 4.31. The summed E-state index contributed by atoms with van der Waals surface area (Å²) in [4.78, 5) is 10.5. The molecule has 0 saturated carbocycles. The first-order valence-electron chi connectivity index (χ1n) is 4.97. The third-order valence-electron chi connectivity index (χ3n) is 2.64. The standard InChI is InChI=1S/C10H12F8O/c1-5(19)7(11,12)8(13,10(16,17)18)9(14,15)6(2,3)4/h1-4H3. The molecule has 0 aliphatic rings. The van der Waals surface area contributed by atoms with Crippen LogP contribution in [0.5, 0.6) is 0 Å². The van der Waals surface area contributed by atoms with Crippen LogP contribution >= 0.6 is 0 Å². The fourth-order valence-corrected chi connectivity index (χ4v) is 1.31. The van der Waals surface area contributed by atoms with E-state index in [-0.39, 0.29) is 6.92 Å². The average Bonchev–Trinajstić information content (AvgIpc) is 2.11. The number of carbonyl (C=O) groups is 1. The van der Waals surface area contributed by atoms with Crippen molar-refractivity contribution in [1.82, 2.24) is 0 Å². The summed E-state index contributed by atoms with van der Waals surface area (Å²) in [5, 5.41) is 0. The van der Waals surface area contributed by atoms with Crippen molar-refractivity contribution >= 4 is 5.78 Å². The van der Waals surface area contributed by atoms with E-state index in [1.54, 1.807) is 0 Å². The van der Waals surface area contributed by atoms with Gasteiger partial charge in [0, 0.05) is 12.3 Å². The van der Waals surface area contributed by atoms with Gasteiger partial charge in [0.15, 0.2) is 0 Å². The molecule has 114 valence electrons. The highest BCUT2D eigenvalue weighted by molar-refractivity contribution is 5.85. The van der Waals surface area contributed by atoms with Crippen LogP contribution in [0.2, 0.25) is 0 Å². The largest absolute Gasteiger partial charge is 0.435 e. The lowest BCUT2D eigenvalue weighted by molar-refractivity contribution is -0.374. The fourth-order valence-electron chi connectivity index (χ4n) is 1.31. The first-order chi connectivity index (χ1) is 7.94. The van der Waals surface area contributed by atoms with E-state index < -0.39 is 34.9 Å². The summed E-state index contributed by atoms with van der Waals surface area (Å²) < 4.78 is 105. The Bertz CT molecular complexity index is 365. The van der Waals surface area contributed by atoms with E-state index in [9.17, 15) is 39.9 Å². The van der Waals surface area contributed by atoms with E-state index in [0.29, 0.717) is 20.8 Å². The molecule has 0 aromatic heterocycles. The average molecular weight is 300 g/mol. The molecule has 0 fully saturated rings. The molecule has 0 saturated heterocycles. The van der Waals surface area contributed by atoms with Crippen LogP contribution in [0.25, 0.3) is 0 Å². The van der Waals surface area contributed by atoms with Gasteiger partial charge in [0.25, 0.3) is 0 Å². The number of hydrogen-bond donors (Lipinski definition) is 0. The minimum atomic E-state index is -6.63. The van der Waals surface area contributed by atoms with Gasteiger partial charge in [0.2, 0.25) is 5.78 Å². The third kappa shape index (κ3) is 2.31. The predicted octanol–water partition coefficient (Wildman–Crippen LogP) is 4.16. The molecule has 0 N–H and O–H groups in total. The van der Waals surface area contributed by atoms with Crippen LogP contribution in [0.3, 0.4) is 0 Å². The number of Topliss-reactive ketones (excluding diaryl/α,β-unsaturated/α-hetero) is 1. The Hall–Kier alpha value is -0.890. The number of hydrogen-bond acceptors (Lipinski definition) is 1. The van der Waals surface area contributed by atoms with Crippen molar-refractivity contribution in [2.75, 3.05) is 0 Å². The predicted molar refractivity (Wildman–Crippen MR) is 49.9 cm³/mol. The lowest BCUT2D eigenvalue weighted by Gasteiger charge is -2.44. The quantitative estimate of drug-likeness (QED) is 0.715. The van der Waals surface area contributed by atoms with Gasteiger partial charge in [-0.2, -0.15) is 22.0 Å². The van der Waals surface area contributed by atoms with Gasteiger partial charge >= 0.3 is 23.7 Å². The highest BCUT2D eigenvalue weighted by Crippen LogP contribution is 2.59. The van der Waals surface area contributed by atoms with Crippen molar-refractivity contribution < 1.29 is 39.9 Å². The van der Waals surface area contributed by atoms with E-state index >= 15 is 0 Å². The van der Waals surface area contributed by atoms with Gasteiger partial charge in [0.1, 0.15) is 0 Å². The van der Waals surface area contributed by atoms with Crippen molar-refractivity contribution in [1.29, 1.82) is 0 Å². The van der Waals surface area contributed by atoms with E-state index in [4.69, 9.17) is 0 Å². The lowest BCUT2D eigenvalue weighted by Crippen LogP contribution is -2.71. The SMILES string of the molecule is CC(=O)C(F)(F)C(F)(C(F)(F)F)C(F)(F)C(C)(C)C. The molecule has 0 aromatic carbocycles. The number of alkyl halides is 8. The lowest BCUT2D eigenvalue weighted by atomic mass is 9.74. The Morgan fingerprint density at radius 3 is 1.26 bits per heavy atom. The number of rotatable bonds is 3. The molecule has 0 aromatic rings. The summed E-state index contributed by atoms with van der Waals surface area (Å²) in [5.41, 5.74) is -9.06. The molecule has 0 bridgehead atoms. The summed E-state index contributed by atoms with van der Waals surface area (Å²) in [6, 6.07) is 0. The summed E-state index contributed by atoms with van der Waals surface area (Å²) in [7, 11) is 0. The first kappa shape index (κ1) is 18.1. The minimum Gasteiger partial charge on any atom is -0.293 e. The van der Waals surface area contributed by atoms with Crippen molar-refractivity contribution in [3.8, 4) is 0 Å². The molecule has 0 aliphatic heterocycles. The molecule has 1 atom stereocenters. The smallest absolute Gasteiger partial charge is 0.293 e. The molecule has 0 radical (unpaired) electrons. The fraction of sp³-hybridized carbons (Fsp3) is 0.900. The van der Waals surface area contributed by atoms with Crippen LogP contribution in [0, 0.1) is 5.41 Å².